The van der Waals surface area contributed by atoms with Crippen molar-refractivity contribution in [2.24, 2.45) is 11.8 Å². The third-order valence-corrected chi connectivity index (χ3v) is 3.18. The zero-order chi connectivity index (χ0) is 10.1. The first-order chi connectivity index (χ1) is 6.66. The minimum Gasteiger partial charge on any atom is -0.481 e. The Labute approximate surface area is 82.7 Å². The molecule has 2 unspecified atom stereocenters. The molecule has 2 N–H and O–H groups in total. The van der Waals surface area contributed by atoms with Crippen molar-refractivity contribution in [1.29, 1.82) is 0 Å². The molecule has 4 nitrogen and oxygen atoms in total. The maximum atomic E-state index is 11.0. The number of carbonyl (C=O) groups excluding carboxylic acids is 1. The lowest BCUT2D eigenvalue weighted by molar-refractivity contribution is -0.138. The van der Waals surface area contributed by atoms with E-state index in [1.807, 2.05) is 0 Å². The molecule has 0 aromatic rings. The summed E-state index contributed by atoms with van der Waals surface area (Å²) < 4.78 is 0. The smallest absolute Gasteiger partial charge is 0.303 e. The summed E-state index contributed by atoms with van der Waals surface area (Å²) >= 11 is 0. The van der Waals surface area contributed by atoms with Gasteiger partial charge in [0.25, 0.3) is 0 Å². The van der Waals surface area contributed by atoms with Gasteiger partial charge >= 0.3 is 5.97 Å². The first-order valence-electron chi connectivity index (χ1n) is 5.18. The number of rotatable bonds is 4. The van der Waals surface area contributed by atoms with Crippen LogP contribution in [0.2, 0.25) is 0 Å². The second-order valence-corrected chi connectivity index (χ2v) is 4.31. The highest BCUT2D eigenvalue weighted by atomic mass is 16.4. The Morgan fingerprint density at radius 3 is 2.64 bits per heavy atom. The second-order valence-electron chi connectivity index (χ2n) is 4.31. The van der Waals surface area contributed by atoms with E-state index in [0.29, 0.717) is 12.3 Å². The Hall–Kier alpha value is -1.06. The normalized spacial score (nSPS) is 28.6. The number of carbonyl (C=O) groups is 2. The Morgan fingerprint density at radius 1 is 1.50 bits per heavy atom. The van der Waals surface area contributed by atoms with Crippen molar-refractivity contribution in [2.75, 3.05) is 0 Å². The molecule has 0 aromatic heterocycles. The van der Waals surface area contributed by atoms with Gasteiger partial charge in [-0.25, -0.2) is 0 Å². The van der Waals surface area contributed by atoms with Gasteiger partial charge in [-0.05, 0) is 31.1 Å². The fourth-order valence-electron chi connectivity index (χ4n) is 2.32. The van der Waals surface area contributed by atoms with Gasteiger partial charge < -0.3 is 10.4 Å². The van der Waals surface area contributed by atoms with E-state index >= 15 is 0 Å². The number of hydrogen-bond donors (Lipinski definition) is 2. The SMILES string of the molecule is O=C(O)CC(C1CC1)C1CCC(=O)N1. The minimum absolute atomic E-state index is 0.0750. The van der Waals surface area contributed by atoms with E-state index in [1.54, 1.807) is 0 Å². The van der Waals surface area contributed by atoms with E-state index in [1.165, 1.54) is 0 Å². The highest BCUT2D eigenvalue weighted by molar-refractivity contribution is 5.78. The molecule has 0 spiro atoms. The molecule has 2 rings (SSSR count). The third-order valence-electron chi connectivity index (χ3n) is 3.18. The highest BCUT2D eigenvalue weighted by Crippen LogP contribution is 2.41. The summed E-state index contributed by atoms with van der Waals surface area (Å²) in [5.74, 6) is 0.0301. The van der Waals surface area contributed by atoms with Crippen molar-refractivity contribution in [1.82, 2.24) is 5.32 Å². The van der Waals surface area contributed by atoms with E-state index < -0.39 is 5.97 Å². The summed E-state index contributed by atoms with van der Waals surface area (Å²) in [7, 11) is 0. The van der Waals surface area contributed by atoms with Gasteiger partial charge in [-0.2, -0.15) is 0 Å². The lowest BCUT2D eigenvalue weighted by Crippen LogP contribution is -2.35. The summed E-state index contributed by atoms with van der Waals surface area (Å²) in [4.78, 5) is 21.7. The number of carboxylic acids is 1. The zero-order valence-electron chi connectivity index (χ0n) is 8.03. The van der Waals surface area contributed by atoms with E-state index in [2.05, 4.69) is 5.32 Å². The molecule has 1 saturated heterocycles. The molecule has 0 aromatic carbocycles. The average Bonchev–Trinajstić information content (AvgIpc) is 2.85. The van der Waals surface area contributed by atoms with Crippen LogP contribution in [0, 0.1) is 11.8 Å². The molecular weight excluding hydrogens is 182 g/mol. The van der Waals surface area contributed by atoms with E-state index in [-0.39, 0.29) is 24.3 Å². The highest BCUT2D eigenvalue weighted by Gasteiger charge is 2.40. The topological polar surface area (TPSA) is 66.4 Å². The molecule has 1 saturated carbocycles. The quantitative estimate of drug-likeness (QED) is 0.699. The average molecular weight is 197 g/mol. The van der Waals surface area contributed by atoms with Gasteiger partial charge in [0.2, 0.25) is 5.91 Å². The van der Waals surface area contributed by atoms with E-state index in [9.17, 15) is 9.59 Å². The summed E-state index contributed by atoms with van der Waals surface area (Å²) in [6, 6.07) is 0.117. The van der Waals surface area contributed by atoms with Crippen LogP contribution in [0.15, 0.2) is 0 Å². The number of amides is 1. The molecule has 1 aliphatic heterocycles. The van der Waals surface area contributed by atoms with Crippen molar-refractivity contribution in [2.45, 2.75) is 38.1 Å². The van der Waals surface area contributed by atoms with Crippen molar-refractivity contribution in [3.05, 3.63) is 0 Å². The first-order valence-corrected chi connectivity index (χ1v) is 5.18. The molecule has 14 heavy (non-hydrogen) atoms. The van der Waals surface area contributed by atoms with Crippen LogP contribution in [0.25, 0.3) is 0 Å². The van der Waals surface area contributed by atoms with Gasteiger partial charge in [-0.1, -0.05) is 0 Å². The first kappa shape index (κ1) is 9.49. The minimum atomic E-state index is -0.747. The molecule has 78 valence electrons. The summed E-state index contributed by atoms with van der Waals surface area (Å²) in [6.07, 6.45) is 3.84. The molecule has 2 aliphatic rings. The number of aliphatic carboxylic acids is 1. The Kier molecular flexibility index (Phi) is 2.44. The Balaban J connectivity index is 1.95. The van der Waals surface area contributed by atoms with Crippen molar-refractivity contribution >= 4 is 11.9 Å². The largest absolute Gasteiger partial charge is 0.481 e. The molecule has 2 atom stereocenters. The molecule has 1 amide bonds. The summed E-state index contributed by atoms with van der Waals surface area (Å²) in [5.41, 5.74) is 0. The maximum Gasteiger partial charge on any atom is 0.303 e. The van der Waals surface area contributed by atoms with Crippen molar-refractivity contribution < 1.29 is 14.7 Å². The molecule has 2 fully saturated rings. The van der Waals surface area contributed by atoms with Gasteiger partial charge in [0, 0.05) is 12.5 Å². The van der Waals surface area contributed by atoms with Crippen LogP contribution in [0.1, 0.15) is 32.1 Å². The van der Waals surface area contributed by atoms with Crippen LogP contribution in [0.3, 0.4) is 0 Å². The van der Waals surface area contributed by atoms with Gasteiger partial charge in [-0.3, -0.25) is 9.59 Å². The number of hydrogen-bond acceptors (Lipinski definition) is 2. The number of nitrogens with one attached hydrogen (secondary N) is 1. The maximum absolute atomic E-state index is 11.0. The fourth-order valence-corrected chi connectivity index (χ4v) is 2.32. The summed E-state index contributed by atoms with van der Waals surface area (Å²) in [5, 5.41) is 11.7. The Morgan fingerprint density at radius 2 is 2.21 bits per heavy atom. The predicted molar refractivity (Wildman–Crippen MR) is 49.6 cm³/mol. The van der Waals surface area contributed by atoms with Crippen LogP contribution >= 0.6 is 0 Å². The van der Waals surface area contributed by atoms with Crippen LogP contribution in [-0.2, 0) is 9.59 Å². The fraction of sp³-hybridized carbons (Fsp3) is 0.800. The Bertz CT molecular complexity index is 260. The second kappa shape index (κ2) is 3.59. The van der Waals surface area contributed by atoms with Gasteiger partial charge in [0.1, 0.15) is 0 Å². The van der Waals surface area contributed by atoms with Crippen LogP contribution in [0.4, 0.5) is 0 Å². The molecule has 1 heterocycles. The molecule has 4 heteroatoms. The molecule has 1 aliphatic carbocycles. The van der Waals surface area contributed by atoms with Crippen LogP contribution in [0.5, 0.6) is 0 Å². The third kappa shape index (κ3) is 2.05. The monoisotopic (exact) mass is 197 g/mol. The standard InChI is InChI=1S/C10H15NO3/c12-9-4-3-8(11-9)7(5-10(13)14)6-1-2-6/h6-8H,1-5H2,(H,11,12)(H,13,14). The van der Waals surface area contributed by atoms with E-state index in [0.717, 1.165) is 19.3 Å². The molecular formula is C10H15NO3. The zero-order valence-corrected chi connectivity index (χ0v) is 8.03. The van der Waals surface area contributed by atoms with Crippen LogP contribution < -0.4 is 5.32 Å². The van der Waals surface area contributed by atoms with Crippen molar-refractivity contribution in [3.8, 4) is 0 Å². The van der Waals surface area contributed by atoms with Gasteiger partial charge in [0.15, 0.2) is 0 Å². The molecule has 0 radical (unpaired) electrons. The van der Waals surface area contributed by atoms with Crippen molar-refractivity contribution in [3.63, 3.8) is 0 Å². The van der Waals surface area contributed by atoms with Gasteiger partial charge in [0.05, 0.1) is 6.42 Å². The number of carboxylic acid groups (broad SMARTS) is 1. The van der Waals surface area contributed by atoms with E-state index in [4.69, 9.17) is 5.11 Å². The lowest BCUT2D eigenvalue weighted by atomic mass is 9.90. The molecule has 0 bridgehead atoms. The van der Waals surface area contributed by atoms with Crippen LogP contribution in [-0.4, -0.2) is 23.0 Å². The summed E-state index contributed by atoms with van der Waals surface area (Å²) in [6.45, 7) is 0. The van der Waals surface area contributed by atoms with Gasteiger partial charge in [-0.15, -0.1) is 0 Å². The lowest BCUT2D eigenvalue weighted by Gasteiger charge is -2.21. The predicted octanol–water partition coefficient (Wildman–Crippen LogP) is 0.766.